The molecule has 0 unspecified atom stereocenters. The molecule has 1 saturated carbocycles. The van der Waals surface area contributed by atoms with Gasteiger partial charge >= 0.3 is 0 Å². The summed E-state index contributed by atoms with van der Waals surface area (Å²) in [6.07, 6.45) is 10.7. The fourth-order valence-corrected chi connectivity index (χ4v) is 3.54. The molecule has 23 heavy (non-hydrogen) atoms. The van der Waals surface area contributed by atoms with Gasteiger partial charge in [0, 0.05) is 31.4 Å². The number of nitrogens with one attached hydrogen (secondary N) is 1. The number of hydrogen-bond donors (Lipinski definition) is 2. The summed E-state index contributed by atoms with van der Waals surface area (Å²) < 4.78 is 0. The normalized spacial score (nSPS) is 25.7. The highest BCUT2D eigenvalue weighted by molar-refractivity contribution is 5.94. The molecule has 1 aliphatic heterocycles. The second-order valence-electron chi connectivity index (χ2n) is 6.89. The lowest BCUT2D eigenvalue weighted by atomic mass is 9.92. The summed E-state index contributed by atoms with van der Waals surface area (Å²) in [5, 5.41) is 3.12. The predicted octanol–water partition coefficient (Wildman–Crippen LogP) is 2.46. The number of nitrogens with two attached hydrogens (primary N) is 1. The van der Waals surface area contributed by atoms with Crippen molar-refractivity contribution >= 4 is 11.7 Å². The van der Waals surface area contributed by atoms with Gasteiger partial charge in [-0.25, -0.2) is 4.98 Å². The third-order valence-corrected chi connectivity index (χ3v) is 5.05. The van der Waals surface area contributed by atoms with E-state index in [1.165, 1.54) is 25.7 Å². The van der Waals surface area contributed by atoms with Gasteiger partial charge < -0.3 is 16.0 Å². The maximum absolute atomic E-state index is 12.3. The zero-order valence-corrected chi connectivity index (χ0v) is 13.8. The Morgan fingerprint density at radius 3 is 2.39 bits per heavy atom. The van der Waals surface area contributed by atoms with Crippen LogP contribution in [0.3, 0.4) is 0 Å². The van der Waals surface area contributed by atoms with Crippen molar-refractivity contribution in [2.45, 2.75) is 63.5 Å². The fourth-order valence-electron chi connectivity index (χ4n) is 3.54. The summed E-state index contributed by atoms with van der Waals surface area (Å²) in [5.74, 6) is 0.979. The lowest BCUT2D eigenvalue weighted by Gasteiger charge is -2.27. The highest BCUT2D eigenvalue weighted by atomic mass is 16.1. The first-order chi connectivity index (χ1) is 11.2. The van der Waals surface area contributed by atoms with Gasteiger partial charge in [-0.15, -0.1) is 0 Å². The van der Waals surface area contributed by atoms with Crippen LogP contribution in [0.5, 0.6) is 0 Å². The molecule has 2 fully saturated rings. The molecule has 1 aromatic heterocycles. The van der Waals surface area contributed by atoms with Crippen LogP contribution in [-0.2, 0) is 0 Å². The van der Waals surface area contributed by atoms with E-state index >= 15 is 0 Å². The van der Waals surface area contributed by atoms with Crippen LogP contribution in [0.25, 0.3) is 0 Å². The van der Waals surface area contributed by atoms with E-state index < -0.39 is 0 Å². The van der Waals surface area contributed by atoms with E-state index in [2.05, 4.69) is 15.2 Å². The van der Waals surface area contributed by atoms with Gasteiger partial charge in [-0.3, -0.25) is 4.79 Å². The minimum Gasteiger partial charge on any atom is -0.357 e. The number of hydrogen-bond acceptors (Lipinski definition) is 4. The Balaban J connectivity index is 1.56. The maximum atomic E-state index is 12.3. The van der Waals surface area contributed by atoms with Crippen molar-refractivity contribution < 1.29 is 4.79 Å². The Bertz CT molecular complexity index is 500. The van der Waals surface area contributed by atoms with Crippen molar-refractivity contribution in [3.8, 4) is 0 Å². The molecule has 3 rings (SSSR count). The summed E-state index contributed by atoms with van der Waals surface area (Å²) in [6, 6.07) is 4.44. The third kappa shape index (κ3) is 4.44. The van der Waals surface area contributed by atoms with Gasteiger partial charge in [-0.2, -0.15) is 0 Å². The predicted molar refractivity (Wildman–Crippen MR) is 92.6 cm³/mol. The molecule has 0 bridgehead atoms. The molecular formula is C18H28N4O. The summed E-state index contributed by atoms with van der Waals surface area (Å²) in [7, 11) is 0. The van der Waals surface area contributed by atoms with Crippen molar-refractivity contribution in [1.29, 1.82) is 0 Å². The second kappa shape index (κ2) is 7.77. The van der Waals surface area contributed by atoms with Gasteiger partial charge in [-0.05, 0) is 50.7 Å². The van der Waals surface area contributed by atoms with E-state index in [1.54, 1.807) is 6.20 Å². The fraction of sp³-hybridized carbons (Fsp3) is 0.667. The van der Waals surface area contributed by atoms with E-state index in [4.69, 9.17) is 5.73 Å². The molecule has 0 radical (unpaired) electrons. The van der Waals surface area contributed by atoms with E-state index in [9.17, 15) is 4.79 Å². The third-order valence-electron chi connectivity index (χ3n) is 5.05. The molecule has 1 saturated heterocycles. The van der Waals surface area contributed by atoms with Crippen LogP contribution in [-0.4, -0.2) is 36.1 Å². The zero-order chi connectivity index (χ0) is 16.1. The first kappa shape index (κ1) is 16.2. The topological polar surface area (TPSA) is 71.2 Å². The molecule has 0 spiro atoms. The lowest BCUT2D eigenvalue weighted by Crippen LogP contribution is -2.40. The average molecular weight is 316 g/mol. The summed E-state index contributed by atoms with van der Waals surface area (Å²) in [4.78, 5) is 19.2. The number of amides is 1. The van der Waals surface area contributed by atoms with Crippen molar-refractivity contribution in [2.24, 2.45) is 5.73 Å². The van der Waals surface area contributed by atoms with Gasteiger partial charge in [-0.1, -0.05) is 12.8 Å². The summed E-state index contributed by atoms with van der Waals surface area (Å²) in [5.41, 5.74) is 6.56. The zero-order valence-electron chi connectivity index (χ0n) is 13.8. The Morgan fingerprint density at radius 2 is 1.78 bits per heavy atom. The molecule has 2 heterocycles. The van der Waals surface area contributed by atoms with Gasteiger partial charge in [0.25, 0.3) is 5.91 Å². The first-order valence-electron chi connectivity index (χ1n) is 9.00. The minimum atomic E-state index is -0.0135. The summed E-state index contributed by atoms with van der Waals surface area (Å²) in [6.45, 7) is 2.14. The summed E-state index contributed by atoms with van der Waals surface area (Å²) >= 11 is 0. The van der Waals surface area contributed by atoms with Crippen molar-refractivity contribution in [3.05, 3.63) is 23.9 Å². The van der Waals surface area contributed by atoms with Crippen LogP contribution >= 0.6 is 0 Å². The second-order valence-corrected chi connectivity index (χ2v) is 6.89. The molecule has 126 valence electrons. The molecular weight excluding hydrogens is 288 g/mol. The number of carbonyl (C=O) groups is 1. The van der Waals surface area contributed by atoms with Gasteiger partial charge in [0.05, 0.1) is 5.56 Å². The lowest BCUT2D eigenvalue weighted by molar-refractivity contribution is 0.0925. The van der Waals surface area contributed by atoms with Crippen molar-refractivity contribution in [1.82, 2.24) is 10.3 Å². The number of rotatable bonds is 3. The molecule has 5 nitrogen and oxygen atoms in total. The standard InChI is InChI=1S/C18H28N4O/c19-15-6-8-16(9-7-15)21-18(23)14-5-10-17(20-13-14)22-11-3-1-2-4-12-22/h5,10,13,15-16H,1-4,6-9,11-12,19H2,(H,21,23). The molecule has 1 aromatic rings. The Labute approximate surface area is 138 Å². The number of nitrogens with zero attached hydrogens (tertiary/aromatic N) is 2. The van der Waals surface area contributed by atoms with Gasteiger partial charge in [0.1, 0.15) is 5.82 Å². The molecule has 0 aromatic carbocycles. The SMILES string of the molecule is NC1CCC(NC(=O)c2ccc(N3CCCCCC3)nc2)CC1. The van der Waals surface area contributed by atoms with Crippen LogP contribution in [0, 0.1) is 0 Å². The van der Waals surface area contributed by atoms with Crippen molar-refractivity contribution in [2.75, 3.05) is 18.0 Å². The number of pyridine rings is 1. The number of anilines is 1. The highest BCUT2D eigenvalue weighted by Gasteiger charge is 2.21. The monoisotopic (exact) mass is 316 g/mol. The molecule has 2 aliphatic rings. The highest BCUT2D eigenvalue weighted by Crippen LogP contribution is 2.19. The van der Waals surface area contributed by atoms with Crippen LogP contribution < -0.4 is 16.0 Å². The van der Waals surface area contributed by atoms with Crippen LogP contribution in [0.1, 0.15) is 61.7 Å². The molecule has 5 heteroatoms. The van der Waals surface area contributed by atoms with Gasteiger partial charge in [0.15, 0.2) is 0 Å². The van der Waals surface area contributed by atoms with E-state index in [0.29, 0.717) is 11.6 Å². The quantitative estimate of drug-likeness (QED) is 0.898. The van der Waals surface area contributed by atoms with Crippen molar-refractivity contribution in [3.63, 3.8) is 0 Å². The Morgan fingerprint density at radius 1 is 1.09 bits per heavy atom. The largest absolute Gasteiger partial charge is 0.357 e. The first-order valence-corrected chi connectivity index (χ1v) is 9.00. The molecule has 1 aliphatic carbocycles. The Kier molecular flexibility index (Phi) is 5.49. The number of carbonyl (C=O) groups excluding carboxylic acids is 1. The smallest absolute Gasteiger partial charge is 0.253 e. The minimum absolute atomic E-state index is 0.0135. The van der Waals surface area contributed by atoms with Gasteiger partial charge in [0.2, 0.25) is 0 Å². The molecule has 3 N–H and O–H groups in total. The van der Waals surface area contributed by atoms with E-state index in [1.807, 2.05) is 12.1 Å². The molecule has 0 atom stereocenters. The van der Waals surface area contributed by atoms with Crippen LogP contribution in [0.4, 0.5) is 5.82 Å². The molecule has 1 amide bonds. The van der Waals surface area contributed by atoms with E-state index in [-0.39, 0.29) is 11.9 Å². The van der Waals surface area contributed by atoms with E-state index in [0.717, 1.165) is 44.6 Å². The van der Waals surface area contributed by atoms with Crippen LogP contribution in [0.15, 0.2) is 18.3 Å². The Hall–Kier alpha value is -1.62. The maximum Gasteiger partial charge on any atom is 0.253 e. The number of aromatic nitrogens is 1. The average Bonchev–Trinajstić information content (AvgIpc) is 2.86. The van der Waals surface area contributed by atoms with Crippen LogP contribution in [0.2, 0.25) is 0 Å².